The first-order valence-corrected chi connectivity index (χ1v) is 7.81. The van der Waals surface area contributed by atoms with Gasteiger partial charge in [-0.3, -0.25) is 4.79 Å². The maximum atomic E-state index is 12.6. The molecule has 1 heterocycles. The molecule has 2 rings (SSSR count). The first kappa shape index (κ1) is 14.4. The van der Waals surface area contributed by atoms with Crippen LogP contribution >= 0.6 is 15.9 Å². The minimum absolute atomic E-state index is 0.0149. The van der Waals surface area contributed by atoms with Crippen LogP contribution in [0.5, 0.6) is 0 Å². The van der Waals surface area contributed by atoms with E-state index in [4.69, 9.17) is 10.5 Å². The van der Waals surface area contributed by atoms with E-state index in [1.165, 1.54) is 6.07 Å². The number of carbonyl (C=O) groups is 1. The number of carbonyl (C=O) groups excluding carboxylic acids is 1. The van der Waals surface area contributed by atoms with Gasteiger partial charge in [0.25, 0.3) is 0 Å². The van der Waals surface area contributed by atoms with Crippen LogP contribution in [0.2, 0.25) is 0 Å². The van der Waals surface area contributed by atoms with Crippen molar-refractivity contribution in [2.24, 2.45) is 5.73 Å². The van der Waals surface area contributed by atoms with Crippen LogP contribution in [0.25, 0.3) is 0 Å². The Balaban J connectivity index is 2.43. The van der Waals surface area contributed by atoms with E-state index in [0.717, 1.165) is 4.31 Å². The summed E-state index contributed by atoms with van der Waals surface area (Å²) >= 11 is 3.20. The van der Waals surface area contributed by atoms with Gasteiger partial charge in [-0.1, -0.05) is 12.1 Å². The van der Waals surface area contributed by atoms with Gasteiger partial charge in [0, 0.05) is 11.0 Å². The van der Waals surface area contributed by atoms with E-state index in [1.807, 2.05) is 0 Å². The topological polar surface area (TPSA) is 89.7 Å². The molecule has 1 aromatic rings. The van der Waals surface area contributed by atoms with E-state index < -0.39 is 22.0 Å². The molecule has 19 heavy (non-hydrogen) atoms. The molecule has 1 aliphatic heterocycles. The minimum atomic E-state index is -3.78. The second kappa shape index (κ2) is 5.58. The Morgan fingerprint density at radius 2 is 2.11 bits per heavy atom. The van der Waals surface area contributed by atoms with Gasteiger partial charge in [0.2, 0.25) is 15.9 Å². The number of amides is 1. The Labute approximate surface area is 119 Å². The van der Waals surface area contributed by atoms with Gasteiger partial charge in [-0.25, -0.2) is 8.42 Å². The number of ether oxygens (including phenoxy) is 1. The molecule has 1 amide bonds. The summed E-state index contributed by atoms with van der Waals surface area (Å²) < 4.78 is 31.8. The van der Waals surface area contributed by atoms with Crippen LogP contribution in [0.15, 0.2) is 33.6 Å². The predicted octanol–water partition coefficient (Wildman–Crippen LogP) is 0.324. The van der Waals surface area contributed by atoms with Crippen LogP contribution in [-0.2, 0) is 19.6 Å². The smallest absolute Gasteiger partial charge is 0.245 e. The Morgan fingerprint density at radius 1 is 1.42 bits per heavy atom. The van der Waals surface area contributed by atoms with Crippen molar-refractivity contribution in [1.82, 2.24) is 4.31 Å². The Kier molecular flexibility index (Phi) is 4.24. The van der Waals surface area contributed by atoms with Crippen LogP contribution in [0.1, 0.15) is 0 Å². The summed E-state index contributed by atoms with van der Waals surface area (Å²) in [6.45, 7) is 0.337. The van der Waals surface area contributed by atoms with Crippen molar-refractivity contribution in [1.29, 1.82) is 0 Å². The molecule has 6 nitrogen and oxygen atoms in total. The molecule has 2 N–H and O–H groups in total. The van der Waals surface area contributed by atoms with Crippen molar-refractivity contribution in [2.75, 3.05) is 19.8 Å². The third kappa shape index (κ3) is 2.81. The van der Waals surface area contributed by atoms with Crippen molar-refractivity contribution in [2.45, 2.75) is 10.9 Å². The molecule has 1 atom stereocenters. The Morgan fingerprint density at radius 3 is 2.74 bits per heavy atom. The molecule has 1 saturated heterocycles. The molecule has 8 heteroatoms. The monoisotopic (exact) mass is 348 g/mol. The SMILES string of the molecule is NC(=O)C1COCCN1S(=O)(=O)c1ccccc1Br. The molecule has 0 bridgehead atoms. The molecule has 0 spiro atoms. The lowest BCUT2D eigenvalue weighted by molar-refractivity contribution is -0.125. The zero-order valence-electron chi connectivity index (χ0n) is 9.95. The van der Waals surface area contributed by atoms with Gasteiger partial charge in [-0.2, -0.15) is 4.31 Å². The lowest BCUT2D eigenvalue weighted by Gasteiger charge is -2.32. The minimum Gasteiger partial charge on any atom is -0.378 e. The average Bonchev–Trinajstić information content (AvgIpc) is 2.39. The van der Waals surface area contributed by atoms with E-state index >= 15 is 0 Å². The van der Waals surface area contributed by atoms with Crippen molar-refractivity contribution in [3.63, 3.8) is 0 Å². The first-order valence-electron chi connectivity index (χ1n) is 5.58. The van der Waals surface area contributed by atoms with Gasteiger partial charge in [-0.15, -0.1) is 0 Å². The lowest BCUT2D eigenvalue weighted by atomic mass is 10.3. The van der Waals surface area contributed by atoms with Gasteiger partial charge >= 0.3 is 0 Å². The quantitative estimate of drug-likeness (QED) is 0.851. The summed E-state index contributed by atoms with van der Waals surface area (Å²) in [5, 5.41) is 0. The summed E-state index contributed by atoms with van der Waals surface area (Å²) in [6.07, 6.45) is 0. The molecule has 1 aliphatic rings. The number of primary amides is 1. The maximum absolute atomic E-state index is 12.6. The second-order valence-corrected chi connectivity index (χ2v) is 6.75. The molecule has 1 fully saturated rings. The van der Waals surface area contributed by atoms with E-state index in [9.17, 15) is 13.2 Å². The highest BCUT2D eigenvalue weighted by atomic mass is 79.9. The summed E-state index contributed by atoms with van der Waals surface area (Å²) in [6, 6.07) is 5.48. The highest BCUT2D eigenvalue weighted by Crippen LogP contribution is 2.26. The number of hydrogen-bond donors (Lipinski definition) is 1. The third-order valence-electron chi connectivity index (χ3n) is 2.83. The van der Waals surface area contributed by atoms with Crippen LogP contribution in [0.4, 0.5) is 0 Å². The summed E-state index contributed by atoms with van der Waals surface area (Å²) in [7, 11) is -3.78. The molecule has 1 unspecified atom stereocenters. The van der Waals surface area contributed by atoms with E-state index in [0.29, 0.717) is 4.47 Å². The standard InChI is InChI=1S/C11H13BrN2O4S/c12-8-3-1-2-4-10(8)19(16,17)14-5-6-18-7-9(14)11(13)15/h1-4,9H,5-7H2,(H2,13,15). The number of halogens is 1. The van der Waals surface area contributed by atoms with Gasteiger partial charge in [0.1, 0.15) is 6.04 Å². The van der Waals surface area contributed by atoms with Gasteiger partial charge in [-0.05, 0) is 28.1 Å². The Hall–Kier alpha value is -0.960. The van der Waals surface area contributed by atoms with Crippen LogP contribution in [0.3, 0.4) is 0 Å². The largest absolute Gasteiger partial charge is 0.378 e. The maximum Gasteiger partial charge on any atom is 0.245 e. The summed E-state index contributed by atoms with van der Waals surface area (Å²) in [4.78, 5) is 11.5. The zero-order chi connectivity index (χ0) is 14.0. The summed E-state index contributed by atoms with van der Waals surface area (Å²) in [5.74, 6) is -0.713. The fourth-order valence-electron chi connectivity index (χ4n) is 1.88. The molecule has 104 valence electrons. The second-order valence-electron chi connectivity index (χ2n) is 4.04. The molecular formula is C11H13BrN2O4S. The highest BCUT2D eigenvalue weighted by Gasteiger charge is 2.37. The van der Waals surface area contributed by atoms with Crippen molar-refractivity contribution in [3.8, 4) is 0 Å². The Bertz CT molecular complexity index is 590. The molecule has 0 aliphatic carbocycles. The average molecular weight is 349 g/mol. The van der Waals surface area contributed by atoms with Crippen molar-refractivity contribution < 1.29 is 17.9 Å². The number of sulfonamides is 1. The number of benzene rings is 1. The van der Waals surface area contributed by atoms with Crippen molar-refractivity contribution in [3.05, 3.63) is 28.7 Å². The van der Waals surface area contributed by atoms with E-state index in [2.05, 4.69) is 15.9 Å². The van der Waals surface area contributed by atoms with Gasteiger partial charge < -0.3 is 10.5 Å². The van der Waals surface area contributed by atoms with E-state index in [-0.39, 0.29) is 24.7 Å². The van der Waals surface area contributed by atoms with Crippen LogP contribution in [0, 0.1) is 0 Å². The van der Waals surface area contributed by atoms with E-state index in [1.54, 1.807) is 18.2 Å². The van der Waals surface area contributed by atoms with Crippen LogP contribution < -0.4 is 5.73 Å². The number of rotatable bonds is 3. The highest BCUT2D eigenvalue weighted by molar-refractivity contribution is 9.10. The fraction of sp³-hybridized carbons (Fsp3) is 0.364. The number of morpholine rings is 1. The molecular weight excluding hydrogens is 336 g/mol. The first-order chi connectivity index (χ1) is 8.94. The third-order valence-corrected chi connectivity index (χ3v) is 5.75. The molecule has 0 saturated carbocycles. The molecule has 0 radical (unpaired) electrons. The van der Waals surface area contributed by atoms with Crippen LogP contribution in [-0.4, -0.2) is 44.4 Å². The summed E-state index contributed by atoms with van der Waals surface area (Å²) in [5.41, 5.74) is 5.23. The number of nitrogens with two attached hydrogens (primary N) is 1. The predicted molar refractivity (Wildman–Crippen MR) is 71.8 cm³/mol. The zero-order valence-corrected chi connectivity index (χ0v) is 12.4. The number of nitrogens with zero attached hydrogens (tertiary/aromatic N) is 1. The lowest BCUT2D eigenvalue weighted by Crippen LogP contribution is -2.54. The normalized spacial score (nSPS) is 21.2. The fourth-order valence-corrected chi connectivity index (χ4v) is 4.41. The molecule has 1 aromatic carbocycles. The number of hydrogen-bond acceptors (Lipinski definition) is 4. The van der Waals surface area contributed by atoms with Gasteiger partial charge in [0.05, 0.1) is 18.1 Å². The molecule has 0 aromatic heterocycles. The van der Waals surface area contributed by atoms with Gasteiger partial charge in [0.15, 0.2) is 0 Å². The van der Waals surface area contributed by atoms with Crippen molar-refractivity contribution >= 4 is 31.9 Å².